The smallest absolute Gasteiger partial charge is 0.266 e. The van der Waals surface area contributed by atoms with Gasteiger partial charge < -0.3 is 15.5 Å². The number of sulfonamides is 1. The lowest BCUT2D eigenvalue weighted by molar-refractivity contribution is 0.554. The van der Waals surface area contributed by atoms with Crippen LogP contribution < -0.4 is 19.8 Å². The van der Waals surface area contributed by atoms with Crippen molar-refractivity contribution in [2.24, 2.45) is 0 Å². The highest BCUT2D eigenvalue weighted by Crippen LogP contribution is 2.43. The van der Waals surface area contributed by atoms with Crippen molar-refractivity contribution in [2.75, 3.05) is 47.2 Å². The van der Waals surface area contributed by atoms with E-state index in [2.05, 4.69) is 32.7 Å². The number of hydrogen-bond acceptors (Lipinski definition) is 7. The van der Waals surface area contributed by atoms with Crippen LogP contribution in [0.25, 0.3) is 10.8 Å². The summed E-state index contributed by atoms with van der Waals surface area (Å²) < 4.78 is 29.4. The average Bonchev–Trinajstić information content (AvgIpc) is 3.20. The Morgan fingerprint density at radius 2 is 1.68 bits per heavy atom. The molecule has 6 rings (SSSR count). The van der Waals surface area contributed by atoms with E-state index in [0.29, 0.717) is 23.7 Å². The number of hydrogen-bond donors (Lipinski definition) is 2. The largest absolute Gasteiger partial charge is 0.369 e. The summed E-state index contributed by atoms with van der Waals surface area (Å²) in [5.74, 6) is 0.789. The Morgan fingerprint density at radius 3 is 2.46 bits per heavy atom. The van der Waals surface area contributed by atoms with E-state index in [1.54, 1.807) is 18.3 Å². The lowest BCUT2D eigenvalue weighted by Gasteiger charge is -2.29. The van der Waals surface area contributed by atoms with Crippen molar-refractivity contribution in [2.45, 2.75) is 24.2 Å². The van der Waals surface area contributed by atoms with E-state index >= 15 is 0 Å². The summed E-state index contributed by atoms with van der Waals surface area (Å²) in [5, 5.41) is 8.22. The summed E-state index contributed by atoms with van der Waals surface area (Å²) in [7, 11) is -3.85. The first-order chi connectivity index (χ1) is 17.8. The normalized spacial score (nSPS) is 17.1. The maximum absolute atomic E-state index is 14.0. The highest BCUT2D eigenvalue weighted by molar-refractivity contribution is 7.93. The molecule has 37 heavy (non-hydrogen) atoms. The maximum atomic E-state index is 14.0. The monoisotopic (exact) mass is 514 g/mol. The summed E-state index contributed by atoms with van der Waals surface area (Å²) >= 11 is 0. The molecule has 0 bridgehead atoms. The fourth-order valence-corrected chi connectivity index (χ4v) is 6.98. The SMILES string of the molecule is CC1(C)CN(S(=O)(=O)c2cccc3ccccc23)c2nc(Nc3ccc(N4CCNCC4)cc3)ncc21. The molecule has 2 N–H and O–H groups in total. The molecule has 9 heteroatoms. The van der Waals surface area contributed by atoms with Gasteiger partial charge in [-0.3, -0.25) is 0 Å². The standard InChI is InChI=1S/C28H30N6O2S/c1-28(2)19-34(37(35,36)25-9-5-7-20-6-3-4-8-23(20)25)26-24(28)18-30-27(32-26)31-21-10-12-22(13-11-21)33-16-14-29-15-17-33/h3-13,18,29H,14-17,19H2,1-2H3,(H,30,31,32). The molecular formula is C28H30N6O2S. The van der Waals surface area contributed by atoms with Crippen molar-refractivity contribution >= 4 is 43.9 Å². The molecule has 8 nitrogen and oxygen atoms in total. The predicted molar refractivity (Wildman–Crippen MR) is 148 cm³/mol. The number of piperazine rings is 1. The van der Waals surface area contributed by atoms with Crippen molar-refractivity contribution in [3.8, 4) is 0 Å². The van der Waals surface area contributed by atoms with Crippen LogP contribution in [0.5, 0.6) is 0 Å². The molecule has 0 atom stereocenters. The molecular weight excluding hydrogens is 484 g/mol. The minimum atomic E-state index is -3.85. The molecule has 1 aromatic heterocycles. The molecule has 0 amide bonds. The van der Waals surface area contributed by atoms with Gasteiger partial charge in [-0.25, -0.2) is 17.7 Å². The number of anilines is 4. The molecule has 3 aromatic carbocycles. The van der Waals surface area contributed by atoms with E-state index < -0.39 is 15.4 Å². The van der Waals surface area contributed by atoms with Crippen molar-refractivity contribution in [1.29, 1.82) is 0 Å². The molecule has 1 fully saturated rings. The van der Waals surface area contributed by atoms with Crippen LogP contribution in [0.3, 0.4) is 0 Å². The summed E-state index contributed by atoms with van der Waals surface area (Å²) in [5.41, 5.74) is 2.42. The molecule has 190 valence electrons. The highest BCUT2D eigenvalue weighted by Gasteiger charge is 2.43. The molecule has 4 aromatic rings. The predicted octanol–water partition coefficient (Wildman–Crippen LogP) is 4.27. The third-order valence-electron chi connectivity index (χ3n) is 7.20. The first-order valence-electron chi connectivity index (χ1n) is 12.5. The third-order valence-corrected chi connectivity index (χ3v) is 8.99. The number of nitrogens with zero attached hydrogens (tertiary/aromatic N) is 4. The van der Waals surface area contributed by atoms with E-state index in [9.17, 15) is 8.42 Å². The number of nitrogens with one attached hydrogen (secondary N) is 2. The molecule has 0 aliphatic carbocycles. The number of fused-ring (bicyclic) bond motifs is 2. The van der Waals surface area contributed by atoms with Crippen molar-refractivity contribution < 1.29 is 8.42 Å². The average molecular weight is 515 g/mol. The molecule has 0 radical (unpaired) electrons. The quantitative estimate of drug-likeness (QED) is 0.411. The fourth-order valence-electron chi connectivity index (χ4n) is 5.17. The van der Waals surface area contributed by atoms with Gasteiger partial charge in [-0.1, -0.05) is 50.2 Å². The molecule has 0 saturated carbocycles. The lowest BCUT2D eigenvalue weighted by Crippen LogP contribution is -2.43. The van der Waals surface area contributed by atoms with E-state index in [0.717, 1.165) is 42.8 Å². The summed E-state index contributed by atoms with van der Waals surface area (Å²) in [6.45, 7) is 8.28. The Hall–Kier alpha value is -3.69. The third kappa shape index (κ3) is 4.28. The Kier molecular flexibility index (Phi) is 5.77. The summed E-state index contributed by atoms with van der Waals surface area (Å²) in [6, 6.07) is 21.1. The van der Waals surface area contributed by atoms with Crippen LogP contribution >= 0.6 is 0 Å². The second-order valence-electron chi connectivity index (χ2n) is 10.2. The molecule has 2 aliphatic heterocycles. The van der Waals surface area contributed by atoms with Crippen LogP contribution in [0.1, 0.15) is 19.4 Å². The van der Waals surface area contributed by atoms with Gasteiger partial charge in [0.1, 0.15) is 0 Å². The Balaban J connectivity index is 1.32. The zero-order chi connectivity index (χ0) is 25.6. The van der Waals surface area contributed by atoms with Gasteiger partial charge in [-0.15, -0.1) is 0 Å². The molecule has 3 heterocycles. The van der Waals surface area contributed by atoms with Gasteiger partial charge in [0.15, 0.2) is 5.82 Å². The van der Waals surface area contributed by atoms with Crippen molar-refractivity contribution in [1.82, 2.24) is 15.3 Å². The zero-order valence-electron chi connectivity index (χ0n) is 21.0. The molecule has 0 unspecified atom stereocenters. The Bertz CT molecular complexity index is 1560. The van der Waals surface area contributed by atoms with Crippen LogP contribution in [0.4, 0.5) is 23.1 Å². The topological polar surface area (TPSA) is 90.5 Å². The summed E-state index contributed by atoms with van der Waals surface area (Å²) in [6.07, 6.45) is 1.75. The molecule has 2 aliphatic rings. The zero-order valence-corrected chi connectivity index (χ0v) is 21.8. The Morgan fingerprint density at radius 1 is 0.946 bits per heavy atom. The minimum Gasteiger partial charge on any atom is -0.369 e. The Labute approximate surface area is 217 Å². The van der Waals surface area contributed by atoms with Gasteiger partial charge in [-0.05, 0) is 35.7 Å². The minimum absolute atomic E-state index is 0.283. The van der Waals surface area contributed by atoms with Gasteiger partial charge >= 0.3 is 0 Å². The number of benzene rings is 3. The van der Waals surface area contributed by atoms with E-state index in [4.69, 9.17) is 4.98 Å². The van der Waals surface area contributed by atoms with Crippen molar-refractivity contribution in [3.05, 3.63) is 78.5 Å². The van der Waals surface area contributed by atoms with Crippen LogP contribution in [-0.4, -0.2) is 51.1 Å². The van der Waals surface area contributed by atoms with E-state index in [1.165, 1.54) is 9.99 Å². The molecule has 1 saturated heterocycles. The van der Waals surface area contributed by atoms with Crippen LogP contribution in [0.2, 0.25) is 0 Å². The second kappa shape index (κ2) is 9.00. The van der Waals surface area contributed by atoms with E-state index in [-0.39, 0.29) is 4.90 Å². The van der Waals surface area contributed by atoms with Crippen LogP contribution in [-0.2, 0) is 15.4 Å². The maximum Gasteiger partial charge on any atom is 0.266 e. The summed E-state index contributed by atoms with van der Waals surface area (Å²) in [4.78, 5) is 11.9. The van der Waals surface area contributed by atoms with Crippen LogP contribution in [0.15, 0.2) is 77.8 Å². The van der Waals surface area contributed by atoms with Gasteiger partial charge in [0, 0.05) is 66.7 Å². The first kappa shape index (κ1) is 23.7. The number of aromatic nitrogens is 2. The van der Waals surface area contributed by atoms with E-state index in [1.807, 2.05) is 56.3 Å². The molecule has 0 spiro atoms. The number of rotatable bonds is 5. The van der Waals surface area contributed by atoms with Gasteiger partial charge in [0.25, 0.3) is 10.0 Å². The van der Waals surface area contributed by atoms with Gasteiger partial charge in [-0.2, -0.15) is 4.98 Å². The van der Waals surface area contributed by atoms with Crippen molar-refractivity contribution in [3.63, 3.8) is 0 Å². The fraction of sp³-hybridized carbons (Fsp3) is 0.286. The van der Waals surface area contributed by atoms with Gasteiger partial charge in [0.05, 0.1) is 4.90 Å². The first-order valence-corrected chi connectivity index (χ1v) is 14.0. The van der Waals surface area contributed by atoms with Gasteiger partial charge in [0.2, 0.25) is 5.95 Å². The second-order valence-corrected chi connectivity index (χ2v) is 12.0. The lowest BCUT2D eigenvalue weighted by atomic mass is 9.89. The highest BCUT2D eigenvalue weighted by atomic mass is 32.2. The van der Waals surface area contributed by atoms with Crippen LogP contribution in [0, 0.1) is 0 Å².